The van der Waals surface area contributed by atoms with Gasteiger partial charge in [-0.05, 0) is 6.42 Å². The molecule has 0 aliphatic rings. The van der Waals surface area contributed by atoms with Crippen LogP contribution in [0.1, 0.15) is 12.8 Å². The number of nitrogens with two attached hydrogens (primary N) is 1. The minimum absolute atomic E-state index is 0.0172. The molecule has 4 nitrogen and oxygen atoms in total. The summed E-state index contributed by atoms with van der Waals surface area (Å²) in [5, 5.41) is 8.26. The summed E-state index contributed by atoms with van der Waals surface area (Å²) in [5.74, 6) is -0.858. The summed E-state index contributed by atoms with van der Waals surface area (Å²) in [4.78, 5) is 10.1. The van der Waals surface area contributed by atoms with Crippen LogP contribution in [0.15, 0.2) is 0 Å². The van der Waals surface area contributed by atoms with E-state index in [0.29, 0.717) is 13.0 Å². The number of hydrogen-bond acceptors (Lipinski definition) is 3. The lowest BCUT2D eigenvalue weighted by molar-refractivity contribution is -0.137. The molecule has 0 fully saturated rings. The van der Waals surface area contributed by atoms with Gasteiger partial charge in [0.2, 0.25) is 0 Å². The Morgan fingerprint density at radius 1 is 1.80 bits per heavy atom. The molecule has 3 N–H and O–H groups in total. The van der Waals surface area contributed by atoms with E-state index in [1.807, 2.05) is 0 Å². The van der Waals surface area contributed by atoms with Crippen LogP contribution < -0.4 is 5.73 Å². The molecule has 4 heteroatoms. The second kappa shape index (κ2) is 5.20. The van der Waals surface area contributed by atoms with Crippen LogP contribution in [0.4, 0.5) is 0 Å². The first-order chi connectivity index (χ1) is 4.66. The van der Waals surface area contributed by atoms with Crippen molar-refractivity contribution < 1.29 is 14.6 Å². The standard InChI is InChI=1S/C6H13NO3/c1-10-3-2-5(7)4-6(8)9/h5H,2-4,7H2,1H3,(H,8,9). The van der Waals surface area contributed by atoms with Gasteiger partial charge in [-0.3, -0.25) is 4.79 Å². The maximum absolute atomic E-state index is 10.1. The van der Waals surface area contributed by atoms with Crippen molar-refractivity contribution in [2.75, 3.05) is 13.7 Å². The van der Waals surface area contributed by atoms with Gasteiger partial charge in [0.25, 0.3) is 0 Å². The van der Waals surface area contributed by atoms with Crippen LogP contribution in [-0.2, 0) is 9.53 Å². The van der Waals surface area contributed by atoms with Crippen molar-refractivity contribution in [1.29, 1.82) is 0 Å². The summed E-state index contributed by atoms with van der Waals surface area (Å²) in [6, 6.07) is -0.280. The zero-order chi connectivity index (χ0) is 7.98. The minimum atomic E-state index is -0.858. The first-order valence-electron chi connectivity index (χ1n) is 3.13. The van der Waals surface area contributed by atoms with Crippen molar-refractivity contribution in [3.8, 4) is 0 Å². The summed E-state index contributed by atoms with van der Waals surface area (Å²) in [5.41, 5.74) is 5.40. The zero-order valence-electron chi connectivity index (χ0n) is 6.04. The van der Waals surface area contributed by atoms with Gasteiger partial charge < -0.3 is 15.6 Å². The van der Waals surface area contributed by atoms with Crippen LogP contribution in [0.25, 0.3) is 0 Å². The van der Waals surface area contributed by atoms with Gasteiger partial charge in [0, 0.05) is 19.8 Å². The normalized spacial score (nSPS) is 13.0. The van der Waals surface area contributed by atoms with E-state index < -0.39 is 5.97 Å². The van der Waals surface area contributed by atoms with E-state index in [2.05, 4.69) is 0 Å². The second-order valence-electron chi connectivity index (χ2n) is 2.14. The number of carbonyl (C=O) groups is 1. The van der Waals surface area contributed by atoms with Gasteiger partial charge in [-0.25, -0.2) is 0 Å². The monoisotopic (exact) mass is 147 g/mol. The molecule has 0 rings (SSSR count). The highest BCUT2D eigenvalue weighted by Gasteiger charge is 2.06. The number of carboxylic acid groups (broad SMARTS) is 1. The average Bonchev–Trinajstić information content (AvgIpc) is 1.82. The summed E-state index contributed by atoms with van der Waals surface area (Å²) in [6.45, 7) is 0.522. The number of hydrogen-bond donors (Lipinski definition) is 2. The zero-order valence-corrected chi connectivity index (χ0v) is 6.04. The van der Waals surface area contributed by atoms with E-state index in [-0.39, 0.29) is 12.5 Å². The van der Waals surface area contributed by atoms with Gasteiger partial charge in [0.1, 0.15) is 0 Å². The van der Waals surface area contributed by atoms with Gasteiger partial charge in [0.15, 0.2) is 0 Å². The highest BCUT2D eigenvalue weighted by molar-refractivity contribution is 5.67. The smallest absolute Gasteiger partial charge is 0.304 e. The quantitative estimate of drug-likeness (QED) is 0.566. The molecule has 0 heterocycles. The lowest BCUT2D eigenvalue weighted by Gasteiger charge is -2.06. The molecule has 0 saturated carbocycles. The molecule has 60 valence electrons. The molecular formula is C6H13NO3. The molecule has 0 aliphatic carbocycles. The van der Waals surface area contributed by atoms with Gasteiger partial charge in [-0.15, -0.1) is 0 Å². The Morgan fingerprint density at radius 3 is 2.80 bits per heavy atom. The predicted molar refractivity (Wildman–Crippen MR) is 36.7 cm³/mol. The number of ether oxygens (including phenoxy) is 1. The lowest BCUT2D eigenvalue weighted by atomic mass is 10.2. The lowest BCUT2D eigenvalue weighted by Crippen LogP contribution is -2.24. The Bertz CT molecular complexity index is 105. The topological polar surface area (TPSA) is 72.5 Å². The van der Waals surface area contributed by atoms with E-state index >= 15 is 0 Å². The maximum Gasteiger partial charge on any atom is 0.304 e. The van der Waals surface area contributed by atoms with Crippen molar-refractivity contribution >= 4 is 5.97 Å². The van der Waals surface area contributed by atoms with Gasteiger partial charge in [-0.1, -0.05) is 0 Å². The maximum atomic E-state index is 10.1. The average molecular weight is 147 g/mol. The number of carboxylic acids is 1. The molecule has 0 amide bonds. The molecule has 0 aromatic heterocycles. The first-order valence-corrected chi connectivity index (χ1v) is 3.13. The second-order valence-corrected chi connectivity index (χ2v) is 2.14. The third kappa shape index (κ3) is 5.53. The predicted octanol–water partition coefficient (Wildman–Crippen LogP) is -0.175. The fourth-order valence-corrected chi connectivity index (χ4v) is 0.596. The molecule has 0 aromatic rings. The highest BCUT2D eigenvalue weighted by atomic mass is 16.5. The van der Waals surface area contributed by atoms with Crippen molar-refractivity contribution in [3.05, 3.63) is 0 Å². The third-order valence-electron chi connectivity index (χ3n) is 1.13. The molecule has 10 heavy (non-hydrogen) atoms. The van der Waals surface area contributed by atoms with Gasteiger partial charge in [-0.2, -0.15) is 0 Å². The SMILES string of the molecule is COCCC(N)CC(=O)O. The van der Waals surface area contributed by atoms with Crippen molar-refractivity contribution in [2.45, 2.75) is 18.9 Å². The van der Waals surface area contributed by atoms with Crippen molar-refractivity contribution in [2.24, 2.45) is 5.73 Å². The molecule has 0 bridgehead atoms. The van der Waals surface area contributed by atoms with Crippen LogP contribution >= 0.6 is 0 Å². The molecular weight excluding hydrogens is 134 g/mol. The Hall–Kier alpha value is -0.610. The Kier molecular flexibility index (Phi) is 4.88. The van der Waals surface area contributed by atoms with E-state index in [4.69, 9.17) is 15.6 Å². The molecule has 1 atom stereocenters. The van der Waals surface area contributed by atoms with Gasteiger partial charge >= 0.3 is 5.97 Å². The largest absolute Gasteiger partial charge is 0.481 e. The van der Waals surface area contributed by atoms with E-state index in [1.54, 1.807) is 7.11 Å². The van der Waals surface area contributed by atoms with E-state index in [1.165, 1.54) is 0 Å². The molecule has 1 unspecified atom stereocenters. The van der Waals surface area contributed by atoms with Crippen LogP contribution in [-0.4, -0.2) is 30.8 Å². The summed E-state index contributed by atoms with van der Waals surface area (Å²) < 4.78 is 4.72. The Balaban J connectivity index is 3.25. The number of methoxy groups -OCH3 is 1. The fraction of sp³-hybridized carbons (Fsp3) is 0.833. The summed E-state index contributed by atoms with van der Waals surface area (Å²) in [6.07, 6.45) is 0.617. The van der Waals surface area contributed by atoms with E-state index in [9.17, 15) is 4.79 Å². The van der Waals surface area contributed by atoms with Crippen LogP contribution in [0.2, 0.25) is 0 Å². The minimum Gasteiger partial charge on any atom is -0.481 e. The first kappa shape index (κ1) is 9.39. The van der Waals surface area contributed by atoms with Crippen LogP contribution in [0, 0.1) is 0 Å². The molecule has 0 aliphatic heterocycles. The summed E-state index contributed by atoms with van der Waals surface area (Å²) in [7, 11) is 1.56. The summed E-state index contributed by atoms with van der Waals surface area (Å²) >= 11 is 0. The Labute approximate surface area is 60.0 Å². The third-order valence-corrected chi connectivity index (χ3v) is 1.13. The van der Waals surface area contributed by atoms with Gasteiger partial charge in [0.05, 0.1) is 6.42 Å². The van der Waals surface area contributed by atoms with Crippen molar-refractivity contribution in [1.82, 2.24) is 0 Å². The molecule has 0 radical (unpaired) electrons. The van der Waals surface area contributed by atoms with Crippen LogP contribution in [0.5, 0.6) is 0 Å². The van der Waals surface area contributed by atoms with E-state index in [0.717, 1.165) is 0 Å². The molecule has 0 saturated heterocycles. The number of rotatable bonds is 5. The highest BCUT2D eigenvalue weighted by Crippen LogP contribution is 1.93. The fourth-order valence-electron chi connectivity index (χ4n) is 0.596. The van der Waals surface area contributed by atoms with Crippen LogP contribution in [0.3, 0.4) is 0 Å². The number of aliphatic carboxylic acids is 1. The van der Waals surface area contributed by atoms with Crippen molar-refractivity contribution in [3.63, 3.8) is 0 Å². The Morgan fingerprint density at radius 2 is 2.40 bits per heavy atom. The molecule has 0 aromatic carbocycles. The molecule has 0 spiro atoms.